The number of hydrogen-bond donors (Lipinski definition) is 1. The van der Waals surface area contributed by atoms with E-state index in [4.69, 9.17) is 4.74 Å². The molecule has 0 bridgehead atoms. The zero-order valence-electron chi connectivity index (χ0n) is 7.83. The van der Waals surface area contributed by atoms with E-state index in [0.29, 0.717) is 12.0 Å². The Labute approximate surface area is 78.6 Å². The highest BCUT2D eigenvalue weighted by Gasteiger charge is 2.38. The third kappa shape index (κ3) is 1.46. The Bertz CT molecular complexity index is 229. The zero-order valence-corrected chi connectivity index (χ0v) is 7.83. The van der Waals surface area contributed by atoms with Gasteiger partial charge in [0.1, 0.15) is 6.10 Å². The third-order valence-corrected chi connectivity index (χ3v) is 3.26. The molecule has 3 rings (SSSR count). The van der Waals surface area contributed by atoms with Crippen LogP contribution >= 0.6 is 0 Å². The van der Waals surface area contributed by atoms with Gasteiger partial charge in [0.15, 0.2) is 5.90 Å². The van der Waals surface area contributed by atoms with Gasteiger partial charge in [0, 0.05) is 12.5 Å². The molecule has 3 aliphatic rings. The molecule has 1 saturated carbocycles. The van der Waals surface area contributed by atoms with Gasteiger partial charge in [-0.05, 0) is 31.7 Å². The number of ether oxygens (including phenoxy) is 1. The lowest BCUT2D eigenvalue weighted by Crippen LogP contribution is -2.22. The minimum Gasteiger partial charge on any atom is -0.475 e. The summed E-state index contributed by atoms with van der Waals surface area (Å²) in [5.74, 6) is 2.45. The SMILES string of the molecule is C1CC(C2=NCC(C3CC3)O2)CN1. The topological polar surface area (TPSA) is 33.6 Å². The molecule has 2 heterocycles. The molecule has 0 radical (unpaired) electrons. The van der Waals surface area contributed by atoms with Crippen LogP contribution in [0.4, 0.5) is 0 Å². The van der Waals surface area contributed by atoms with Gasteiger partial charge in [0.2, 0.25) is 0 Å². The van der Waals surface area contributed by atoms with Gasteiger partial charge in [-0.25, -0.2) is 0 Å². The summed E-state index contributed by atoms with van der Waals surface area (Å²) in [6, 6.07) is 0. The molecule has 13 heavy (non-hydrogen) atoms. The van der Waals surface area contributed by atoms with Gasteiger partial charge in [-0.3, -0.25) is 4.99 Å². The molecule has 2 unspecified atom stereocenters. The fourth-order valence-corrected chi connectivity index (χ4v) is 2.21. The molecule has 1 aliphatic carbocycles. The van der Waals surface area contributed by atoms with Crippen LogP contribution < -0.4 is 5.32 Å². The maximum atomic E-state index is 5.88. The highest BCUT2D eigenvalue weighted by molar-refractivity contribution is 5.80. The Morgan fingerprint density at radius 2 is 2.23 bits per heavy atom. The zero-order chi connectivity index (χ0) is 8.67. The highest BCUT2D eigenvalue weighted by Crippen LogP contribution is 2.37. The fraction of sp³-hybridized carbons (Fsp3) is 0.900. The molecule has 3 nitrogen and oxygen atoms in total. The molecule has 2 aliphatic heterocycles. The first kappa shape index (κ1) is 7.80. The van der Waals surface area contributed by atoms with Crippen LogP contribution in [0.2, 0.25) is 0 Å². The van der Waals surface area contributed by atoms with Gasteiger partial charge in [0.05, 0.1) is 6.54 Å². The van der Waals surface area contributed by atoms with E-state index in [0.717, 1.165) is 31.4 Å². The summed E-state index contributed by atoms with van der Waals surface area (Å²) in [7, 11) is 0. The summed E-state index contributed by atoms with van der Waals surface area (Å²) >= 11 is 0. The Morgan fingerprint density at radius 3 is 2.92 bits per heavy atom. The normalized spacial score (nSPS) is 38.9. The predicted molar refractivity (Wildman–Crippen MR) is 50.9 cm³/mol. The minimum absolute atomic E-state index is 0.440. The van der Waals surface area contributed by atoms with Crippen LogP contribution in [0.1, 0.15) is 19.3 Å². The summed E-state index contributed by atoms with van der Waals surface area (Å²) < 4.78 is 5.88. The van der Waals surface area contributed by atoms with Gasteiger partial charge in [-0.1, -0.05) is 0 Å². The lowest BCUT2D eigenvalue weighted by atomic mass is 10.1. The molecule has 0 amide bonds. The van der Waals surface area contributed by atoms with Crippen molar-refractivity contribution in [3.63, 3.8) is 0 Å². The Morgan fingerprint density at radius 1 is 1.31 bits per heavy atom. The van der Waals surface area contributed by atoms with E-state index in [1.807, 2.05) is 0 Å². The quantitative estimate of drug-likeness (QED) is 0.682. The number of aliphatic imine (C=N–C) groups is 1. The lowest BCUT2D eigenvalue weighted by molar-refractivity contribution is 0.188. The summed E-state index contributed by atoms with van der Waals surface area (Å²) in [5.41, 5.74) is 0. The number of nitrogens with one attached hydrogen (secondary N) is 1. The number of hydrogen-bond acceptors (Lipinski definition) is 3. The molecular formula is C10H16N2O. The van der Waals surface area contributed by atoms with Crippen molar-refractivity contribution in [3.05, 3.63) is 0 Å². The first-order valence-corrected chi connectivity index (χ1v) is 5.35. The van der Waals surface area contributed by atoms with Crippen molar-refractivity contribution in [2.24, 2.45) is 16.8 Å². The summed E-state index contributed by atoms with van der Waals surface area (Å²) in [6.07, 6.45) is 4.36. The first-order valence-electron chi connectivity index (χ1n) is 5.35. The van der Waals surface area contributed by atoms with Crippen molar-refractivity contribution in [3.8, 4) is 0 Å². The first-order chi connectivity index (χ1) is 6.43. The van der Waals surface area contributed by atoms with Crippen molar-refractivity contribution < 1.29 is 4.74 Å². The van der Waals surface area contributed by atoms with E-state index < -0.39 is 0 Å². The molecule has 0 spiro atoms. The average molecular weight is 180 g/mol. The molecule has 1 N–H and O–H groups in total. The molecule has 2 fully saturated rings. The Hall–Kier alpha value is -0.570. The van der Waals surface area contributed by atoms with E-state index in [1.54, 1.807) is 0 Å². The van der Waals surface area contributed by atoms with Crippen LogP contribution in [0.3, 0.4) is 0 Å². The maximum Gasteiger partial charge on any atom is 0.188 e. The van der Waals surface area contributed by atoms with Crippen molar-refractivity contribution in [2.45, 2.75) is 25.4 Å². The van der Waals surface area contributed by atoms with Crippen LogP contribution in [0.15, 0.2) is 4.99 Å². The van der Waals surface area contributed by atoms with Crippen molar-refractivity contribution in [1.82, 2.24) is 5.32 Å². The highest BCUT2D eigenvalue weighted by atomic mass is 16.5. The van der Waals surface area contributed by atoms with Crippen molar-refractivity contribution in [1.29, 1.82) is 0 Å². The molecule has 2 atom stereocenters. The number of rotatable bonds is 2. The minimum atomic E-state index is 0.440. The Kier molecular flexibility index (Phi) is 1.79. The van der Waals surface area contributed by atoms with Crippen molar-refractivity contribution >= 4 is 5.90 Å². The molecule has 3 heteroatoms. The van der Waals surface area contributed by atoms with Crippen LogP contribution in [0.5, 0.6) is 0 Å². The van der Waals surface area contributed by atoms with Crippen LogP contribution in [0, 0.1) is 11.8 Å². The van der Waals surface area contributed by atoms with Gasteiger partial charge in [-0.2, -0.15) is 0 Å². The van der Waals surface area contributed by atoms with Crippen LogP contribution in [0.25, 0.3) is 0 Å². The van der Waals surface area contributed by atoms with Gasteiger partial charge in [-0.15, -0.1) is 0 Å². The second-order valence-electron chi connectivity index (χ2n) is 4.36. The van der Waals surface area contributed by atoms with Gasteiger partial charge in [0.25, 0.3) is 0 Å². The van der Waals surface area contributed by atoms with Crippen molar-refractivity contribution in [2.75, 3.05) is 19.6 Å². The molecule has 0 aromatic rings. The fourth-order valence-electron chi connectivity index (χ4n) is 2.21. The smallest absolute Gasteiger partial charge is 0.188 e. The maximum absolute atomic E-state index is 5.88. The summed E-state index contributed by atoms with van der Waals surface area (Å²) in [6.45, 7) is 3.12. The predicted octanol–water partition coefficient (Wildman–Crippen LogP) is 0.803. The molecule has 0 aromatic heterocycles. The lowest BCUT2D eigenvalue weighted by Gasteiger charge is -2.12. The van der Waals surface area contributed by atoms with E-state index in [9.17, 15) is 0 Å². The van der Waals surface area contributed by atoms with Crippen LogP contribution in [-0.4, -0.2) is 31.6 Å². The van der Waals surface area contributed by atoms with Gasteiger partial charge >= 0.3 is 0 Å². The van der Waals surface area contributed by atoms with Gasteiger partial charge < -0.3 is 10.1 Å². The largest absolute Gasteiger partial charge is 0.475 e. The molecule has 1 saturated heterocycles. The van der Waals surface area contributed by atoms with E-state index in [-0.39, 0.29) is 0 Å². The monoisotopic (exact) mass is 180 g/mol. The summed E-state index contributed by atoms with van der Waals surface area (Å²) in [4.78, 5) is 4.51. The average Bonchev–Trinajstić information content (AvgIpc) is 2.72. The second-order valence-corrected chi connectivity index (χ2v) is 4.36. The Balaban J connectivity index is 1.60. The summed E-state index contributed by atoms with van der Waals surface area (Å²) in [5, 5.41) is 3.35. The third-order valence-electron chi connectivity index (χ3n) is 3.26. The van der Waals surface area contributed by atoms with E-state index >= 15 is 0 Å². The standard InChI is InChI=1S/C10H16N2O/c1-2-7(1)9-6-12-10(13-9)8-3-4-11-5-8/h7-9,11H,1-6H2. The van der Waals surface area contributed by atoms with E-state index in [1.165, 1.54) is 19.3 Å². The number of nitrogens with zero attached hydrogens (tertiary/aromatic N) is 1. The van der Waals surface area contributed by atoms with Crippen LogP contribution in [-0.2, 0) is 4.74 Å². The molecule has 0 aromatic carbocycles. The molecule has 72 valence electrons. The second kappa shape index (κ2) is 2.98. The van der Waals surface area contributed by atoms with E-state index in [2.05, 4.69) is 10.3 Å². The molecular weight excluding hydrogens is 164 g/mol.